The quantitative estimate of drug-likeness (QED) is 0.867. The molecule has 25 heavy (non-hydrogen) atoms. The summed E-state index contributed by atoms with van der Waals surface area (Å²) in [6, 6.07) is 1.49. The summed E-state index contributed by atoms with van der Waals surface area (Å²) in [5.74, 6) is 2.94. The number of carbonyl (C=O) groups excluding carboxylic acids is 1. The Morgan fingerprint density at radius 2 is 2.28 bits per heavy atom. The van der Waals surface area contributed by atoms with Crippen molar-refractivity contribution in [1.29, 1.82) is 0 Å². The van der Waals surface area contributed by atoms with Crippen LogP contribution in [0.5, 0.6) is 0 Å². The fourth-order valence-electron chi connectivity index (χ4n) is 3.56. The van der Waals surface area contributed by atoms with Crippen molar-refractivity contribution in [2.24, 2.45) is 7.05 Å². The van der Waals surface area contributed by atoms with E-state index in [-0.39, 0.29) is 12.0 Å². The number of pyridine rings is 1. The van der Waals surface area contributed by atoms with Gasteiger partial charge in [0.15, 0.2) is 5.65 Å². The summed E-state index contributed by atoms with van der Waals surface area (Å²) in [5, 5.41) is 8.21. The van der Waals surface area contributed by atoms with Crippen molar-refractivity contribution < 1.29 is 9.53 Å². The van der Waals surface area contributed by atoms with Crippen LogP contribution in [0, 0.1) is 19.3 Å². The topological polar surface area (TPSA) is 69.0 Å². The van der Waals surface area contributed by atoms with E-state index >= 15 is 0 Å². The zero-order valence-corrected chi connectivity index (χ0v) is 14.6. The first kappa shape index (κ1) is 16.1. The van der Waals surface area contributed by atoms with Gasteiger partial charge in [0.1, 0.15) is 6.04 Å². The molecule has 3 heterocycles. The molecule has 130 valence electrons. The molecule has 1 N–H and O–H groups in total. The number of carbonyl (C=O) groups is 1. The fraction of sp³-hybridized carbons (Fsp3) is 0.526. The van der Waals surface area contributed by atoms with Crippen LogP contribution in [0.25, 0.3) is 11.0 Å². The van der Waals surface area contributed by atoms with Crippen molar-refractivity contribution in [1.82, 2.24) is 20.1 Å². The van der Waals surface area contributed by atoms with Crippen LogP contribution in [0.15, 0.2) is 6.07 Å². The van der Waals surface area contributed by atoms with E-state index < -0.39 is 6.04 Å². The lowest BCUT2D eigenvalue weighted by Crippen LogP contribution is -2.42. The molecule has 1 saturated carbocycles. The molecule has 2 aliphatic rings. The summed E-state index contributed by atoms with van der Waals surface area (Å²) < 4.78 is 7.39. The van der Waals surface area contributed by atoms with Crippen molar-refractivity contribution in [2.75, 3.05) is 6.61 Å². The van der Waals surface area contributed by atoms with Gasteiger partial charge < -0.3 is 10.1 Å². The predicted molar refractivity (Wildman–Crippen MR) is 94.3 cm³/mol. The molecule has 0 radical (unpaired) electrons. The lowest BCUT2D eigenvalue weighted by molar-refractivity contribution is 0.0777. The van der Waals surface area contributed by atoms with Crippen LogP contribution in [0.4, 0.5) is 0 Å². The molecule has 1 aliphatic heterocycles. The normalized spacial score (nSPS) is 21.2. The number of rotatable bonds is 4. The van der Waals surface area contributed by atoms with Gasteiger partial charge in [0.2, 0.25) is 0 Å². The predicted octanol–water partition coefficient (Wildman–Crippen LogP) is 2.06. The van der Waals surface area contributed by atoms with Gasteiger partial charge in [0.25, 0.3) is 5.91 Å². The zero-order valence-electron chi connectivity index (χ0n) is 14.6. The Morgan fingerprint density at radius 3 is 2.92 bits per heavy atom. The maximum absolute atomic E-state index is 13.0. The molecule has 2 fully saturated rings. The molecule has 0 spiro atoms. The first-order valence-electron chi connectivity index (χ1n) is 8.81. The number of hydrogen-bond acceptors (Lipinski definition) is 4. The molecule has 0 aromatic carbocycles. The Balaban J connectivity index is 1.71. The van der Waals surface area contributed by atoms with Crippen LogP contribution < -0.4 is 5.32 Å². The molecule has 1 aliphatic carbocycles. The van der Waals surface area contributed by atoms with Gasteiger partial charge in [0.05, 0.1) is 22.7 Å². The highest BCUT2D eigenvalue weighted by atomic mass is 16.5. The van der Waals surface area contributed by atoms with Gasteiger partial charge in [-0.05, 0) is 38.7 Å². The molecule has 6 nitrogen and oxygen atoms in total. The molecule has 1 amide bonds. The third-order valence-corrected chi connectivity index (χ3v) is 5.03. The number of ether oxygens (including phenoxy) is 1. The zero-order chi connectivity index (χ0) is 17.6. The van der Waals surface area contributed by atoms with Crippen molar-refractivity contribution in [2.45, 2.75) is 50.7 Å². The number of amides is 1. The highest BCUT2D eigenvalue weighted by molar-refractivity contribution is 6.06. The Kier molecular flexibility index (Phi) is 3.97. The van der Waals surface area contributed by atoms with Crippen LogP contribution in [-0.4, -0.2) is 39.4 Å². The van der Waals surface area contributed by atoms with E-state index in [9.17, 15) is 4.79 Å². The summed E-state index contributed by atoms with van der Waals surface area (Å²) in [6.07, 6.45) is 9.63. The number of nitrogens with one attached hydrogen (secondary N) is 1. The second-order valence-electron chi connectivity index (χ2n) is 6.95. The summed E-state index contributed by atoms with van der Waals surface area (Å²) in [6.45, 7) is 2.60. The third kappa shape index (κ3) is 2.89. The average molecular weight is 338 g/mol. The summed E-state index contributed by atoms with van der Waals surface area (Å²) >= 11 is 0. The Bertz CT molecular complexity index is 870. The molecule has 6 heteroatoms. The first-order valence-corrected chi connectivity index (χ1v) is 8.81. The van der Waals surface area contributed by atoms with Gasteiger partial charge in [-0.15, -0.1) is 6.42 Å². The van der Waals surface area contributed by atoms with Gasteiger partial charge in [-0.1, -0.05) is 5.92 Å². The van der Waals surface area contributed by atoms with E-state index in [0.29, 0.717) is 18.1 Å². The van der Waals surface area contributed by atoms with E-state index in [0.717, 1.165) is 48.1 Å². The monoisotopic (exact) mass is 338 g/mol. The van der Waals surface area contributed by atoms with Gasteiger partial charge in [-0.2, -0.15) is 5.10 Å². The molecule has 0 bridgehead atoms. The molecule has 2 aromatic rings. The van der Waals surface area contributed by atoms with Crippen LogP contribution in [0.3, 0.4) is 0 Å². The number of terminal acetylenes is 1. The maximum atomic E-state index is 13.0. The largest absolute Gasteiger partial charge is 0.375 e. The minimum atomic E-state index is -0.417. The van der Waals surface area contributed by atoms with Gasteiger partial charge in [0, 0.05) is 25.3 Å². The minimum absolute atomic E-state index is 0.107. The molecule has 2 atom stereocenters. The maximum Gasteiger partial charge on any atom is 0.253 e. The Labute approximate surface area is 146 Å². The highest BCUT2D eigenvalue weighted by Gasteiger charge is 2.30. The van der Waals surface area contributed by atoms with Crippen molar-refractivity contribution in [3.8, 4) is 12.3 Å². The smallest absolute Gasteiger partial charge is 0.253 e. The summed E-state index contributed by atoms with van der Waals surface area (Å²) in [7, 11) is 1.86. The van der Waals surface area contributed by atoms with Crippen LogP contribution in [-0.2, 0) is 11.8 Å². The second-order valence-corrected chi connectivity index (χ2v) is 6.95. The average Bonchev–Trinajstić information content (AvgIpc) is 3.24. The van der Waals surface area contributed by atoms with Gasteiger partial charge in [-0.3, -0.25) is 9.48 Å². The molecular formula is C19H22N4O2. The number of aryl methyl sites for hydroxylation is 2. The molecule has 2 aromatic heterocycles. The van der Waals surface area contributed by atoms with E-state index in [1.807, 2.05) is 20.0 Å². The second kappa shape index (κ2) is 6.16. The number of hydrogen-bond donors (Lipinski definition) is 1. The summed E-state index contributed by atoms with van der Waals surface area (Å²) in [4.78, 5) is 17.7. The third-order valence-electron chi connectivity index (χ3n) is 5.03. The van der Waals surface area contributed by atoms with E-state index in [4.69, 9.17) is 16.1 Å². The van der Waals surface area contributed by atoms with Crippen molar-refractivity contribution in [3.63, 3.8) is 0 Å². The number of aromatic nitrogens is 3. The van der Waals surface area contributed by atoms with Gasteiger partial charge >= 0.3 is 0 Å². The first-order chi connectivity index (χ1) is 12.1. The van der Waals surface area contributed by atoms with Crippen molar-refractivity contribution in [3.05, 3.63) is 23.0 Å². The SMILES string of the molecule is C#C[C@@H](NC(=O)c1cc(C2CC2)nc2c1c(C)nn2C)[C@H]1CCCO1. The van der Waals surface area contributed by atoms with Crippen LogP contribution in [0.1, 0.15) is 53.3 Å². The number of nitrogens with zero attached hydrogens (tertiary/aromatic N) is 3. The molecular weight excluding hydrogens is 316 g/mol. The molecule has 0 unspecified atom stereocenters. The highest BCUT2D eigenvalue weighted by Crippen LogP contribution is 2.40. The lowest BCUT2D eigenvalue weighted by Gasteiger charge is -2.19. The van der Waals surface area contributed by atoms with Crippen LogP contribution >= 0.6 is 0 Å². The standard InChI is InChI=1S/C19H22N4O2/c1-4-14(16-6-5-9-25-16)21-19(24)13-10-15(12-7-8-12)20-18-17(13)11(2)22-23(18)3/h1,10,12,14,16H,5-9H2,2-3H3,(H,21,24)/t14-,16-/m1/s1. The minimum Gasteiger partial charge on any atom is -0.375 e. The number of fused-ring (bicyclic) bond motifs is 1. The van der Waals surface area contributed by atoms with Crippen LogP contribution in [0.2, 0.25) is 0 Å². The summed E-state index contributed by atoms with van der Waals surface area (Å²) in [5.41, 5.74) is 3.12. The molecule has 1 saturated heterocycles. The van der Waals surface area contributed by atoms with E-state index in [1.165, 1.54) is 0 Å². The Hall–Kier alpha value is -2.39. The van der Waals surface area contributed by atoms with E-state index in [2.05, 4.69) is 16.3 Å². The fourth-order valence-corrected chi connectivity index (χ4v) is 3.56. The molecule has 4 rings (SSSR count). The Morgan fingerprint density at radius 1 is 1.48 bits per heavy atom. The van der Waals surface area contributed by atoms with E-state index in [1.54, 1.807) is 4.68 Å². The van der Waals surface area contributed by atoms with Crippen molar-refractivity contribution >= 4 is 16.9 Å². The lowest BCUT2D eigenvalue weighted by atomic mass is 10.0. The van der Waals surface area contributed by atoms with Gasteiger partial charge in [-0.25, -0.2) is 4.98 Å².